The highest BCUT2D eigenvalue weighted by molar-refractivity contribution is 5.30. The van der Waals surface area contributed by atoms with E-state index in [0.717, 1.165) is 12.3 Å². The molecule has 0 radical (unpaired) electrons. The van der Waals surface area contributed by atoms with E-state index in [1.54, 1.807) is 0 Å². The van der Waals surface area contributed by atoms with E-state index in [9.17, 15) is 0 Å². The highest BCUT2D eigenvalue weighted by Gasteiger charge is 2.26. The van der Waals surface area contributed by atoms with Gasteiger partial charge >= 0.3 is 0 Å². The summed E-state index contributed by atoms with van der Waals surface area (Å²) in [5.74, 6) is 1.45. The molecule has 0 aliphatic rings. The molecule has 0 aromatic heterocycles. The van der Waals surface area contributed by atoms with Crippen LogP contribution in [0.4, 0.5) is 0 Å². The molecule has 0 spiro atoms. The van der Waals surface area contributed by atoms with E-state index in [1.165, 1.54) is 11.1 Å². The summed E-state index contributed by atoms with van der Waals surface area (Å²) >= 11 is 0. The van der Waals surface area contributed by atoms with Crippen molar-refractivity contribution < 1.29 is 4.74 Å². The van der Waals surface area contributed by atoms with Gasteiger partial charge in [0.05, 0.1) is 5.60 Å². The second-order valence-electron chi connectivity index (χ2n) is 8.41. The number of benzene rings is 2. The summed E-state index contributed by atoms with van der Waals surface area (Å²) in [6.07, 6.45) is 9.03. The third kappa shape index (κ3) is 14.6. The molecule has 1 nitrogen and oxygen atoms in total. The molecular formula is C28H44O. The molecule has 0 aliphatic carbocycles. The van der Waals surface area contributed by atoms with Crippen LogP contribution in [-0.2, 0) is 4.74 Å². The molecule has 2 aromatic carbocycles. The Morgan fingerprint density at radius 1 is 0.724 bits per heavy atom. The molecule has 2 rings (SSSR count). The van der Waals surface area contributed by atoms with Gasteiger partial charge in [-0.1, -0.05) is 109 Å². The van der Waals surface area contributed by atoms with Crippen LogP contribution in [0.3, 0.4) is 0 Å². The van der Waals surface area contributed by atoms with Crippen molar-refractivity contribution in [3.05, 3.63) is 71.8 Å². The topological polar surface area (TPSA) is 9.23 Å². The third-order valence-electron chi connectivity index (χ3n) is 3.54. The van der Waals surface area contributed by atoms with Gasteiger partial charge in [-0.25, -0.2) is 0 Å². The third-order valence-corrected chi connectivity index (χ3v) is 3.54. The first-order valence-corrected chi connectivity index (χ1v) is 10.8. The number of terminal acetylenes is 1. The van der Waals surface area contributed by atoms with Crippen LogP contribution in [0.25, 0.3) is 0 Å². The lowest BCUT2D eigenvalue weighted by Gasteiger charge is -2.33. The van der Waals surface area contributed by atoms with E-state index in [4.69, 9.17) is 4.74 Å². The maximum absolute atomic E-state index is 6.52. The van der Waals surface area contributed by atoms with E-state index >= 15 is 0 Å². The molecule has 2 aromatic rings. The molecule has 0 aliphatic heterocycles. The van der Waals surface area contributed by atoms with E-state index in [2.05, 4.69) is 110 Å². The van der Waals surface area contributed by atoms with Gasteiger partial charge in [-0.2, -0.15) is 0 Å². The zero-order valence-electron chi connectivity index (χ0n) is 20.3. The highest BCUT2D eigenvalue weighted by Crippen LogP contribution is 2.33. The van der Waals surface area contributed by atoms with E-state index < -0.39 is 0 Å². The van der Waals surface area contributed by atoms with Crippen molar-refractivity contribution in [1.82, 2.24) is 0 Å². The van der Waals surface area contributed by atoms with E-state index in [1.807, 2.05) is 26.0 Å². The fourth-order valence-corrected chi connectivity index (χ4v) is 2.93. The monoisotopic (exact) mass is 396 g/mol. The molecule has 0 N–H and O–H groups in total. The lowest BCUT2D eigenvalue weighted by atomic mass is 9.94. The van der Waals surface area contributed by atoms with Gasteiger partial charge in [0.25, 0.3) is 0 Å². The summed E-state index contributed by atoms with van der Waals surface area (Å²) in [6.45, 7) is 19.4. The first kappa shape index (κ1) is 29.2. The van der Waals surface area contributed by atoms with Gasteiger partial charge in [0.15, 0.2) is 0 Å². The average Bonchev–Trinajstić information content (AvgIpc) is 2.69. The minimum absolute atomic E-state index is 0.0128. The predicted molar refractivity (Wildman–Crippen MR) is 131 cm³/mol. The van der Waals surface area contributed by atoms with Crippen molar-refractivity contribution in [2.45, 2.75) is 80.4 Å². The summed E-state index contributed by atoms with van der Waals surface area (Å²) in [4.78, 5) is 0. The summed E-state index contributed by atoms with van der Waals surface area (Å²) in [6, 6.07) is 21.0. The first-order chi connectivity index (χ1) is 13.7. The first-order valence-electron chi connectivity index (χ1n) is 10.8. The molecule has 0 saturated carbocycles. The zero-order chi connectivity index (χ0) is 22.9. The van der Waals surface area contributed by atoms with Crippen LogP contribution in [0.1, 0.15) is 86.0 Å². The molecular weight excluding hydrogens is 352 g/mol. The SMILES string of the molecule is C#C.CC.CC(C)C.CC(C)CC(C)(C)OC(c1ccccc1)c1ccccc1. The molecule has 0 unspecified atom stereocenters. The van der Waals surface area contributed by atoms with Crippen LogP contribution in [0.5, 0.6) is 0 Å². The van der Waals surface area contributed by atoms with Crippen molar-refractivity contribution in [2.75, 3.05) is 0 Å². The van der Waals surface area contributed by atoms with Crippen molar-refractivity contribution >= 4 is 0 Å². The number of hydrogen-bond donors (Lipinski definition) is 0. The lowest BCUT2D eigenvalue weighted by molar-refractivity contribution is -0.0673. The largest absolute Gasteiger partial charge is 0.363 e. The van der Waals surface area contributed by atoms with Crippen LogP contribution in [0.2, 0.25) is 0 Å². The minimum Gasteiger partial charge on any atom is -0.363 e. The quantitative estimate of drug-likeness (QED) is 0.444. The summed E-state index contributed by atoms with van der Waals surface area (Å²) < 4.78 is 6.52. The normalized spacial score (nSPS) is 10.3. The van der Waals surface area contributed by atoms with Crippen LogP contribution < -0.4 is 0 Å². The molecule has 0 atom stereocenters. The van der Waals surface area contributed by atoms with Gasteiger partial charge in [0.2, 0.25) is 0 Å². The molecule has 162 valence electrons. The smallest absolute Gasteiger partial charge is 0.108 e. The van der Waals surface area contributed by atoms with Crippen molar-refractivity contribution in [2.24, 2.45) is 11.8 Å². The fourth-order valence-electron chi connectivity index (χ4n) is 2.93. The summed E-state index contributed by atoms with van der Waals surface area (Å²) in [5.41, 5.74) is 2.27. The van der Waals surface area contributed by atoms with Gasteiger partial charge in [0, 0.05) is 0 Å². The second-order valence-corrected chi connectivity index (χ2v) is 8.41. The standard InChI is InChI=1S/C20H26O.C4H10.C2H6.C2H2/c1-16(2)15-20(3,4)21-19(17-11-7-5-8-12-17)18-13-9-6-10-14-18;1-4(2)3;2*1-2/h5-14,16,19H,15H2,1-4H3;4H,1-3H3;1-2H3;1-2H. The van der Waals surface area contributed by atoms with Crippen LogP contribution >= 0.6 is 0 Å². The van der Waals surface area contributed by atoms with Crippen molar-refractivity contribution in [3.8, 4) is 12.8 Å². The molecule has 0 bridgehead atoms. The summed E-state index contributed by atoms with van der Waals surface area (Å²) in [7, 11) is 0. The molecule has 1 heteroatoms. The Kier molecular flexibility index (Phi) is 17.0. The maximum atomic E-state index is 6.52. The molecule has 29 heavy (non-hydrogen) atoms. The average molecular weight is 397 g/mol. The Balaban J connectivity index is 0. The Labute approximate surface area is 181 Å². The predicted octanol–water partition coefficient (Wildman–Crippen LogP) is 8.56. The summed E-state index contributed by atoms with van der Waals surface area (Å²) in [5, 5.41) is 0. The van der Waals surface area contributed by atoms with Crippen molar-refractivity contribution in [1.29, 1.82) is 0 Å². The van der Waals surface area contributed by atoms with Gasteiger partial charge in [-0.05, 0) is 43.2 Å². The van der Waals surface area contributed by atoms with Crippen LogP contribution in [0.15, 0.2) is 60.7 Å². The van der Waals surface area contributed by atoms with Crippen molar-refractivity contribution in [3.63, 3.8) is 0 Å². The molecule has 0 saturated heterocycles. The molecule has 0 fully saturated rings. The maximum Gasteiger partial charge on any atom is 0.108 e. The van der Waals surface area contributed by atoms with E-state index in [-0.39, 0.29) is 11.7 Å². The second kappa shape index (κ2) is 16.9. The van der Waals surface area contributed by atoms with Gasteiger partial charge < -0.3 is 4.74 Å². The Hall–Kier alpha value is -2.04. The van der Waals surface area contributed by atoms with Gasteiger partial charge in [-0.15, -0.1) is 12.8 Å². The number of hydrogen-bond acceptors (Lipinski definition) is 1. The van der Waals surface area contributed by atoms with Crippen LogP contribution in [-0.4, -0.2) is 5.60 Å². The zero-order valence-corrected chi connectivity index (χ0v) is 20.3. The van der Waals surface area contributed by atoms with Gasteiger partial charge in [-0.3, -0.25) is 0 Å². The fraction of sp³-hybridized carbons (Fsp3) is 0.500. The van der Waals surface area contributed by atoms with Crippen LogP contribution in [0, 0.1) is 24.7 Å². The number of ether oxygens (including phenoxy) is 1. The van der Waals surface area contributed by atoms with E-state index in [0.29, 0.717) is 5.92 Å². The Bertz CT molecular complexity index is 566. The molecule has 0 heterocycles. The lowest BCUT2D eigenvalue weighted by Crippen LogP contribution is -2.29. The Morgan fingerprint density at radius 3 is 1.31 bits per heavy atom. The Morgan fingerprint density at radius 2 is 1.03 bits per heavy atom. The molecule has 0 amide bonds. The van der Waals surface area contributed by atoms with Gasteiger partial charge in [0.1, 0.15) is 6.10 Å². The highest BCUT2D eigenvalue weighted by atomic mass is 16.5. The minimum atomic E-state index is -0.148. The number of rotatable bonds is 6.